The molecule has 0 heterocycles. The van der Waals surface area contributed by atoms with E-state index in [0.29, 0.717) is 11.1 Å². The molecule has 0 radical (unpaired) electrons. The number of nitro benzene ring substituents is 1. The third kappa shape index (κ3) is 2.43. The lowest BCUT2D eigenvalue weighted by Crippen LogP contribution is -2.14. The maximum absolute atomic E-state index is 11.1. The van der Waals surface area contributed by atoms with Crippen LogP contribution in [0.5, 0.6) is 0 Å². The predicted octanol–water partition coefficient (Wildman–Crippen LogP) is 2.17. The molecule has 0 aliphatic heterocycles. The number of benzene rings is 1. The van der Waals surface area contributed by atoms with E-state index in [1.807, 2.05) is 0 Å². The number of halogens is 2. The van der Waals surface area contributed by atoms with E-state index < -0.39 is 10.8 Å². The van der Waals surface area contributed by atoms with Crippen LogP contribution < -0.4 is 5.73 Å². The lowest BCUT2D eigenvalue weighted by Gasteiger charge is -2.06. The van der Waals surface area contributed by atoms with E-state index in [1.165, 1.54) is 6.07 Å². The molecule has 2 N–H and O–H groups in total. The van der Waals surface area contributed by atoms with Crippen LogP contribution in [0.2, 0.25) is 0 Å². The number of hydrogen-bond acceptors (Lipinski definition) is 3. The zero-order chi connectivity index (χ0) is 12.3. The number of carbonyl (C=O) groups is 1. The minimum Gasteiger partial charge on any atom is -0.366 e. The summed E-state index contributed by atoms with van der Waals surface area (Å²) >= 11 is 11.2. The number of carbonyl (C=O) groups excluding carboxylic acids is 1. The Morgan fingerprint density at radius 1 is 1.31 bits per heavy atom. The summed E-state index contributed by atoms with van der Waals surface area (Å²) in [5, 5.41) is 10.7. The van der Waals surface area contributed by atoms with Crippen molar-refractivity contribution in [1.82, 2.24) is 0 Å². The van der Waals surface area contributed by atoms with Crippen LogP contribution in [0.3, 0.4) is 0 Å². The number of hydrogen-bond donors (Lipinski definition) is 1. The molecule has 0 spiro atoms. The summed E-state index contributed by atoms with van der Waals surface area (Å²) in [6.45, 7) is 0. The lowest BCUT2D eigenvalue weighted by atomic mass is 10.0. The number of rotatable bonds is 4. The summed E-state index contributed by atoms with van der Waals surface area (Å²) in [6.07, 6.45) is 0. The van der Waals surface area contributed by atoms with Crippen molar-refractivity contribution >= 4 is 34.8 Å². The normalized spacial score (nSPS) is 10.1. The van der Waals surface area contributed by atoms with Gasteiger partial charge >= 0.3 is 0 Å². The second-order valence-corrected chi connectivity index (χ2v) is 3.56. The highest BCUT2D eigenvalue weighted by molar-refractivity contribution is 6.18. The average Bonchev–Trinajstić information content (AvgIpc) is 2.26. The van der Waals surface area contributed by atoms with Crippen LogP contribution >= 0.6 is 23.2 Å². The van der Waals surface area contributed by atoms with Crippen LogP contribution in [0.1, 0.15) is 21.5 Å². The zero-order valence-electron chi connectivity index (χ0n) is 8.07. The van der Waals surface area contributed by atoms with E-state index >= 15 is 0 Å². The number of alkyl halides is 2. The lowest BCUT2D eigenvalue weighted by molar-refractivity contribution is -0.385. The van der Waals surface area contributed by atoms with Crippen molar-refractivity contribution in [2.75, 3.05) is 0 Å². The number of nitrogens with zero attached hydrogens (tertiary/aromatic N) is 1. The molecule has 0 aliphatic rings. The Kier molecular flexibility index (Phi) is 4.09. The van der Waals surface area contributed by atoms with Crippen molar-refractivity contribution in [2.45, 2.75) is 11.8 Å². The predicted molar refractivity (Wildman–Crippen MR) is 60.7 cm³/mol. The van der Waals surface area contributed by atoms with Gasteiger partial charge < -0.3 is 5.73 Å². The Labute approximate surface area is 101 Å². The van der Waals surface area contributed by atoms with Crippen LogP contribution in [0.25, 0.3) is 0 Å². The molecule has 7 heteroatoms. The maximum atomic E-state index is 11.1. The fraction of sp³-hybridized carbons (Fsp3) is 0.222. The quantitative estimate of drug-likeness (QED) is 0.513. The summed E-state index contributed by atoms with van der Waals surface area (Å²) in [4.78, 5) is 21.2. The number of amides is 1. The zero-order valence-corrected chi connectivity index (χ0v) is 9.59. The first kappa shape index (κ1) is 12.7. The summed E-state index contributed by atoms with van der Waals surface area (Å²) in [7, 11) is 0. The molecule has 0 aliphatic carbocycles. The molecule has 0 aromatic heterocycles. The molecule has 0 atom stereocenters. The van der Waals surface area contributed by atoms with Gasteiger partial charge in [-0.05, 0) is 11.6 Å². The van der Waals surface area contributed by atoms with E-state index in [0.717, 1.165) is 6.07 Å². The molecule has 86 valence electrons. The van der Waals surface area contributed by atoms with Gasteiger partial charge in [0.2, 0.25) is 5.91 Å². The van der Waals surface area contributed by atoms with Crippen molar-refractivity contribution < 1.29 is 9.72 Å². The molecule has 1 amide bonds. The van der Waals surface area contributed by atoms with E-state index in [4.69, 9.17) is 28.9 Å². The van der Waals surface area contributed by atoms with Gasteiger partial charge in [0.1, 0.15) is 0 Å². The summed E-state index contributed by atoms with van der Waals surface area (Å²) in [6, 6.07) is 2.54. The molecule has 1 rings (SSSR count). The Morgan fingerprint density at radius 3 is 2.25 bits per heavy atom. The van der Waals surface area contributed by atoms with Crippen molar-refractivity contribution in [2.24, 2.45) is 5.73 Å². The van der Waals surface area contributed by atoms with Gasteiger partial charge in [0, 0.05) is 17.5 Å². The Morgan fingerprint density at radius 2 is 1.88 bits per heavy atom. The first-order chi connectivity index (χ1) is 7.51. The monoisotopic (exact) mass is 262 g/mol. The third-order valence-electron chi connectivity index (χ3n) is 2.05. The SMILES string of the molecule is NC(=O)c1cc([N+](=O)[O-])c(CCl)cc1CCl. The largest absolute Gasteiger partial charge is 0.366 e. The third-order valence-corrected chi connectivity index (χ3v) is 2.63. The van der Waals surface area contributed by atoms with Gasteiger partial charge in [-0.1, -0.05) is 0 Å². The van der Waals surface area contributed by atoms with Crippen LogP contribution in [0, 0.1) is 10.1 Å². The topological polar surface area (TPSA) is 86.2 Å². The number of nitrogens with two attached hydrogens (primary N) is 1. The Bertz CT molecular complexity index is 411. The highest BCUT2D eigenvalue weighted by atomic mass is 35.5. The summed E-state index contributed by atoms with van der Waals surface area (Å²) in [5.41, 5.74) is 5.68. The standard InChI is InChI=1S/C9H8Cl2N2O3/c10-3-5-1-6(4-11)8(13(15)16)2-7(5)9(12)14/h1-2H,3-4H2,(H2,12,14). The molecule has 1 aromatic rings. The second-order valence-electron chi connectivity index (χ2n) is 3.03. The number of nitro groups is 1. The van der Waals surface area contributed by atoms with Gasteiger partial charge in [0.05, 0.1) is 16.4 Å². The van der Waals surface area contributed by atoms with Crippen LogP contribution in [-0.4, -0.2) is 10.8 Å². The number of primary amides is 1. The van der Waals surface area contributed by atoms with Crippen LogP contribution in [-0.2, 0) is 11.8 Å². The van der Waals surface area contributed by atoms with Gasteiger partial charge in [-0.3, -0.25) is 14.9 Å². The fourth-order valence-corrected chi connectivity index (χ4v) is 1.74. The van der Waals surface area contributed by atoms with E-state index in [1.54, 1.807) is 0 Å². The average molecular weight is 263 g/mol. The van der Waals surface area contributed by atoms with E-state index in [9.17, 15) is 14.9 Å². The molecule has 5 nitrogen and oxygen atoms in total. The molecular formula is C9H8Cl2N2O3. The van der Waals surface area contributed by atoms with Crippen LogP contribution in [0.15, 0.2) is 12.1 Å². The highest BCUT2D eigenvalue weighted by Gasteiger charge is 2.19. The van der Waals surface area contributed by atoms with Crippen molar-refractivity contribution in [1.29, 1.82) is 0 Å². The van der Waals surface area contributed by atoms with Crippen molar-refractivity contribution in [3.05, 3.63) is 38.9 Å². The Hall–Kier alpha value is -1.33. The maximum Gasteiger partial charge on any atom is 0.274 e. The molecule has 0 fully saturated rings. The smallest absolute Gasteiger partial charge is 0.274 e. The van der Waals surface area contributed by atoms with Crippen molar-refractivity contribution in [3.63, 3.8) is 0 Å². The first-order valence-electron chi connectivity index (χ1n) is 4.23. The van der Waals surface area contributed by atoms with E-state index in [-0.39, 0.29) is 23.0 Å². The summed E-state index contributed by atoms with van der Waals surface area (Å²) in [5.74, 6) is -0.737. The minimum absolute atomic E-state index is 0.0285. The van der Waals surface area contributed by atoms with Crippen LogP contribution in [0.4, 0.5) is 5.69 Å². The molecule has 1 aromatic carbocycles. The molecule has 0 saturated heterocycles. The van der Waals surface area contributed by atoms with Gasteiger partial charge in [-0.2, -0.15) is 0 Å². The van der Waals surface area contributed by atoms with Gasteiger partial charge in [-0.25, -0.2) is 0 Å². The van der Waals surface area contributed by atoms with Gasteiger partial charge in [-0.15, -0.1) is 23.2 Å². The fourth-order valence-electron chi connectivity index (χ4n) is 1.30. The minimum atomic E-state index is -0.750. The summed E-state index contributed by atoms with van der Waals surface area (Å²) < 4.78 is 0. The first-order valence-corrected chi connectivity index (χ1v) is 5.30. The Balaban J connectivity index is 3.46. The van der Waals surface area contributed by atoms with Gasteiger partial charge in [0.15, 0.2) is 0 Å². The molecule has 0 bridgehead atoms. The second kappa shape index (κ2) is 5.14. The highest BCUT2D eigenvalue weighted by Crippen LogP contribution is 2.26. The van der Waals surface area contributed by atoms with E-state index in [2.05, 4.69) is 0 Å². The van der Waals surface area contributed by atoms with Crippen molar-refractivity contribution in [3.8, 4) is 0 Å². The molecule has 0 unspecified atom stereocenters. The van der Waals surface area contributed by atoms with Gasteiger partial charge in [0.25, 0.3) is 5.69 Å². The molecule has 0 saturated carbocycles. The molecular weight excluding hydrogens is 255 g/mol. The molecule has 16 heavy (non-hydrogen) atoms.